The molecule has 0 aliphatic heterocycles. The first kappa shape index (κ1) is 12.4. The fourth-order valence-corrected chi connectivity index (χ4v) is 2.46. The van der Waals surface area contributed by atoms with Gasteiger partial charge in [-0.05, 0) is 31.0 Å². The van der Waals surface area contributed by atoms with Crippen molar-refractivity contribution in [3.63, 3.8) is 0 Å². The van der Waals surface area contributed by atoms with E-state index in [0.29, 0.717) is 5.56 Å². The zero-order valence-corrected chi connectivity index (χ0v) is 10.2. The summed E-state index contributed by atoms with van der Waals surface area (Å²) in [5, 5.41) is 18.3. The van der Waals surface area contributed by atoms with Crippen LogP contribution in [-0.2, 0) is 0 Å². The van der Waals surface area contributed by atoms with Gasteiger partial charge in [-0.2, -0.15) is 5.26 Å². The smallest absolute Gasteiger partial charge is 0.255 e. The molecule has 2 rings (SSSR count). The highest BCUT2D eigenvalue weighted by atomic mass is 16.3. The molecule has 1 aliphatic carbocycles. The van der Waals surface area contributed by atoms with Crippen molar-refractivity contribution in [2.24, 2.45) is 0 Å². The summed E-state index contributed by atoms with van der Waals surface area (Å²) in [6, 6.07) is 8.50. The van der Waals surface area contributed by atoms with E-state index < -0.39 is 0 Å². The molecule has 0 heterocycles. The highest BCUT2D eigenvalue weighted by molar-refractivity contribution is 5.95. The number of phenols is 1. The number of nitrogens with zero attached hydrogens (tertiary/aromatic N) is 2. The summed E-state index contributed by atoms with van der Waals surface area (Å²) in [6.45, 7) is 0.110. The van der Waals surface area contributed by atoms with Gasteiger partial charge in [-0.25, -0.2) is 0 Å². The van der Waals surface area contributed by atoms with Gasteiger partial charge in [0.15, 0.2) is 0 Å². The lowest BCUT2D eigenvalue weighted by molar-refractivity contribution is 0.0709. The Bertz CT molecular complexity index is 473. The van der Waals surface area contributed by atoms with E-state index in [1.165, 1.54) is 12.1 Å². The molecule has 0 bridgehead atoms. The quantitative estimate of drug-likeness (QED) is 0.830. The number of hydrogen-bond donors (Lipinski definition) is 1. The van der Waals surface area contributed by atoms with E-state index in [-0.39, 0.29) is 24.2 Å². The van der Waals surface area contributed by atoms with Gasteiger partial charge < -0.3 is 10.0 Å². The van der Waals surface area contributed by atoms with Gasteiger partial charge >= 0.3 is 0 Å². The molecule has 94 valence electrons. The van der Waals surface area contributed by atoms with E-state index in [9.17, 15) is 9.90 Å². The Labute approximate surface area is 106 Å². The van der Waals surface area contributed by atoms with Gasteiger partial charge in [0.1, 0.15) is 12.3 Å². The number of carbonyl (C=O) groups excluding carboxylic acids is 1. The van der Waals surface area contributed by atoms with E-state index in [1.54, 1.807) is 17.0 Å². The summed E-state index contributed by atoms with van der Waals surface area (Å²) < 4.78 is 0. The Morgan fingerprint density at radius 1 is 1.44 bits per heavy atom. The number of amides is 1. The molecule has 0 radical (unpaired) electrons. The van der Waals surface area contributed by atoms with Gasteiger partial charge in [0.05, 0.1) is 6.07 Å². The third-order valence-electron chi connectivity index (χ3n) is 3.36. The van der Waals surface area contributed by atoms with Crippen molar-refractivity contribution in [3.05, 3.63) is 29.8 Å². The van der Waals surface area contributed by atoms with Crippen molar-refractivity contribution >= 4 is 5.91 Å². The molecule has 1 aliphatic rings. The molecule has 0 unspecified atom stereocenters. The molecule has 1 aromatic carbocycles. The average molecular weight is 244 g/mol. The first-order valence-electron chi connectivity index (χ1n) is 6.19. The third-order valence-corrected chi connectivity index (χ3v) is 3.36. The van der Waals surface area contributed by atoms with Gasteiger partial charge in [0.25, 0.3) is 5.91 Å². The Hall–Kier alpha value is -2.02. The van der Waals surface area contributed by atoms with Crippen LogP contribution < -0.4 is 0 Å². The molecule has 18 heavy (non-hydrogen) atoms. The minimum Gasteiger partial charge on any atom is -0.508 e. The van der Waals surface area contributed by atoms with Crippen LogP contribution in [0.3, 0.4) is 0 Å². The molecule has 4 nitrogen and oxygen atoms in total. The Morgan fingerprint density at radius 2 is 2.17 bits per heavy atom. The zero-order chi connectivity index (χ0) is 13.0. The fraction of sp³-hybridized carbons (Fsp3) is 0.429. The molecule has 4 heteroatoms. The monoisotopic (exact) mass is 244 g/mol. The number of rotatable bonds is 3. The molecule has 0 saturated heterocycles. The summed E-state index contributed by atoms with van der Waals surface area (Å²) in [7, 11) is 0. The molecule has 0 atom stereocenters. The highest BCUT2D eigenvalue weighted by Crippen LogP contribution is 2.25. The second-order valence-electron chi connectivity index (χ2n) is 4.58. The van der Waals surface area contributed by atoms with E-state index >= 15 is 0 Å². The van der Waals surface area contributed by atoms with Crippen LogP contribution in [0.5, 0.6) is 5.75 Å². The van der Waals surface area contributed by atoms with Gasteiger partial charge in [-0.1, -0.05) is 18.9 Å². The largest absolute Gasteiger partial charge is 0.508 e. The summed E-state index contributed by atoms with van der Waals surface area (Å²) in [5.74, 6) is -0.0940. The summed E-state index contributed by atoms with van der Waals surface area (Å²) >= 11 is 0. The number of phenolic OH excluding ortho intramolecular Hbond substituents is 1. The van der Waals surface area contributed by atoms with Crippen LogP contribution in [0.15, 0.2) is 24.3 Å². The van der Waals surface area contributed by atoms with Crippen LogP contribution in [0.25, 0.3) is 0 Å². The number of carbonyl (C=O) groups is 1. The molecule has 1 amide bonds. The highest BCUT2D eigenvalue weighted by Gasteiger charge is 2.27. The van der Waals surface area contributed by atoms with Gasteiger partial charge in [0, 0.05) is 11.6 Å². The van der Waals surface area contributed by atoms with Crippen molar-refractivity contribution in [3.8, 4) is 11.8 Å². The van der Waals surface area contributed by atoms with Gasteiger partial charge in [0.2, 0.25) is 0 Å². The Morgan fingerprint density at radius 3 is 2.78 bits per heavy atom. The van der Waals surface area contributed by atoms with E-state index in [2.05, 4.69) is 6.07 Å². The predicted molar refractivity (Wildman–Crippen MR) is 67.0 cm³/mol. The van der Waals surface area contributed by atoms with Crippen LogP contribution in [0.1, 0.15) is 36.0 Å². The standard InChI is InChI=1S/C14H16N2O2/c15-8-9-16(12-5-1-2-6-12)14(18)11-4-3-7-13(17)10-11/h3-4,7,10,12,17H,1-2,5-6,9H2. The van der Waals surface area contributed by atoms with Gasteiger partial charge in [-0.15, -0.1) is 0 Å². The van der Waals surface area contributed by atoms with Crippen molar-refractivity contribution in [1.29, 1.82) is 5.26 Å². The van der Waals surface area contributed by atoms with Crippen LogP contribution in [0.2, 0.25) is 0 Å². The topological polar surface area (TPSA) is 64.3 Å². The maximum absolute atomic E-state index is 12.3. The zero-order valence-electron chi connectivity index (χ0n) is 10.2. The Balaban J connectivity index is 2.20. The second kappa shape index (κ2) is 5.54. The minimum atomic E-state index is -0.167. The number of benzene rings is 1. The number of hydrogen-bond acceptors (Lipinski definition) is 3. The SMILES string of the molecule is N#CCN(C(=O)c1cccc(O)c1)C1CCCC1. The molecule has 0 spiro atoms. The predicted octanol–water partition coefficient (Wildman–Crippen LogP) is 2.30. The summed E-state index contributed by atoms with van der Waals surface area (Å²) in [6.07, 6.45) is 4.15. The first-order chi connectivity index (χ1) is 8.72. The van der Waals surface area contributed by atoms with Crippen LogP contribution in [0, 0.1) is 11.3 Å². The van der Waals surface area contributed by atoms with Crippen LogP contribution in [-0.4, -0.2) is 28.5 Å². The number of aromatic hydroxyl groups is 1. The van der Waals surface area contributed by atoms with Crippen LogP contribution in [0.4, 0.5) is 0 Å². The average Bonchev–Trinajstić information content (AvgIpc) is 2.89. The van der Waals surface area contributed by atoms with E-state index in [4.69, 9.17) is 5.26 Å². The molecular weight excluding hydrogens is 228 g/mol. The number of nitriles is 1. The van der Waals surface area contributed by atoms with Crippen molar-refractivity contribution in [2.45, 2.75) is 31.7 Å². The third kappa shape index (κ3) is 2.62. The summed E-state index contributed by atoms with van der Waals surface area (Å²) in [5.41, 5.74) is 0.442. The van der Waals surface area contributed by atoms with Crippen LogP contribution >= 0.6 is 0 Å². The van der Waals surface area contributed by atoms with Gasteiger partial charge in [-0.3, -0.25) is 4.79 Å². The normalized spacial score (nSPS) is 15.3. The maximum Gasteiger partial charge on any atom is 0.255 e. The molecule has 1 N–H and O–H groups in total. The van der Waals surface area contributed by atoms with E-state index in [1.807, 2.05) is 0 Å². The lowest BCUT2D eigenvalue weighted by atomic mass is 10.1. The lowest BCUT2D eigenvalue weighted by Crippen LogP contribution is -2.39. The molecule has 0 aromatic heterocycles. The molecular formula is C14H16N2O2. The first-order valence-corrected chi connectivity index (χ1v) is 6.19. The molecule has 1 aromatic rings. The fourth-order valence-electron chi connectivity index (χ4n) is 2.46. The summed E-state index contributed by atoms with van der Waals surface area (Å²) in [4.78, 5) is 14.0. The van der Waals surface area contributed by atoms with Crippen molar-refractivity contribution in [2.75, 3.05) is 6.54 Å². The lowest BCUT2D eigenvalue weighted by Gasteiger charge is -2.26. The minimum absolute atomic E-state index is 0.0733. The van der Waals surface area contributed by atoms with Crippen molar-refractivity contribution < 1.29 is 9.90 Å². The van der Waals surface area contributed by atoms with Crippen molar-refractivity contribution in [1.82, 2.24) is 4.90 Å². The maximum atomic E-state index is 12.3. The second-order valence-corrected chi connectivity index (χ2v) is 4.58. The molecule has 1 fully saturated rings. The molecule has 1 saturated carbocycles. The van der Waals surface area contributed by atoms with E-state index in [0.717, 1.165) is 25.7 Å². The Kier molecular flexibility index (Phi) is 3.83.